The first kappa shape index (κ1) is 15.4. The van der Waals surface area contributed by atoms with Crippen LogP contribution in [0.3, 0.4) is 0 Å². The summed E-state index contributed by atoms with van der Waals surface area (Å²) in [5.41, 5.74) is 1.05. The fourth-order valence-electron chi connectivity index (χ4n) is 2.81. The predicted molar refractivity (Wildman–Crippen MR) is 91.8 cm³/mol. The minimum absolute atomic E-state index is 0.0500. The molecule has 24 heavy (non-hydrogen) atoms. The van der Waals surface area contributed by atoms with Gasteiger partial charge in [-0.1, -0.05) is 35.0 Å². The van der Waals surface area contributed by atoms with E-state index in [1.54, 1.807) is 11.3 Å². The summed E-state index contributed by atoms with van der Waals surface area (Å²) < 4.78 is 5.38. The summed E-state index contributed by atoms with van der Waals surface area (Å²) in [6.07, 6.45) is 0.402. The third-order valence-electron chi connectivity index (χ3n) is 4.03. The Bertz CT molecular complexity index is 845. The zero-order valence-electron chi connectivity index (χ0n) is 12.7. The van der Waals surface area contributed by atoms with E-state index in [-0.39, 0.29) is 11.8 Å². The van der Waals surface area contributed by atoms with Crippen molar-refractivity contribution in [2.75, 3.05) is 6.54 Å². The topological polar surface area (TPSA) is 59.2 Å². The number of amides is 1. The maximum Gasteiger partial charge on any atom is 0.232 e. The number of halogens is 1. The summed E-state index contributed by atoms with van der Waals surface area (Å²) in [7, 11) is 0. The van der Waals surface area contributed by atoms with Crippen LogP contribution in [0, 0.1) is 0 Å². The van der Waals surface area contributed by atoms with Crippen molar-refractivity contribution < 1.29 is 9.32 Å². The predicted octanol–water partition coefficient (Wildman–Crippen LogP) is 3.97. The molecule has 0 unspecified atom stereocenters. The van der Waals surface area contributed by atoms with Crippen molar-refractivity contribution in [2.45, 2.75) is 18.9 Å². The Morgan fingerprint density at radius 2 is 2.12 bits per heavy atom. The van der Waals surface area contributed by atoms with E-state index in [9.17, 15) is 4.79 Å². The minimum atomic E-state index is -0.0500. The van der Waals surface area contributed by atoms with E-state index in [1.165, 1.54) is 0 Å². The van der Waals surface area contributed by atoms with Gasteiger partial charge in [0.2, 0.25) is 17.6 Å². The van der Waals surface area contributed by atoms with Gasteiger partial charge in [0.15, 0.2) is 0 Å². The molecular weight excluding hydrogens is 346 g/mol. The van der Waals surface area contributed by atoms with Gasteiger partial charge in [-0.25, -0.2) is 0 Å². The average Bonchev–Trinajstić information content (AvgIpc) is 3.30. The van der Waals surface area contributed by atoms with Gasteiger partial charge in [-0.2, -0.15) is 4.98 Å². The van der Waals surface area contributed by atoms with E-state index >= 15 is 0 Å². The molecule has 3 heterocycles. The number of carbonyl (C=O) groups is 1. The highest BCUT2D eigenvalue weighted by Crippen LogP contribution is 2.30. The standard InChI is InChI=1S/C17H14ClN3O2S/c18-13-5-3-11(4-6-13)9-21-10-12(8-15(21)22)17-19-16(20-23-17)14-2-1-7-24-14/h1-7,12H,8-10H2/t12-/m0/s1. The number of benzene rings is 1. The monoisotopic (exact) mass is 359 g/mol. The lowest BCUT2D eigenvalue weighted by molar-refractivity contribution is -0.128. The maximum atomic E-state index is 12.3. The first-order valence-corrected chi connectivity index (χ1v) is 8.84. The molecule has 1 aliphatic rings. The van der Waals surface area contributed by atoms with Crippen molar-refractivity contribution >= 4 is 28.8 Å². The van der Waals surface area contributed by atoms with Gasteiger partial charge in [-0.15, -0.1) is 11.3 Å². The first-order valence-electron chi connectivity index (χ1n) is 7.59. The number of thiophene rings is 1. The van der Waals surface area contributed by atoms with E-state index in [4.69, 9.17) is 16.1 Å². The molecule has 0 spiro atoms. The Morgan fingerprint density at radius 1 is 1.29 bits per heavy atom. The number of hydrogen-bond acceptors (Lipinski definition) is 5. The second-order valence-corrected chi connectivity index (χ2v) is 7.12. The summed E-state index contributed by atoms with van der Waals surface area (Å²) in [6.45, 7) is 1.16. The number of nitrogens with zero attached hydrogens (tertiary/aromatic N) is 3. The van der Waals surface area contributed by atoms with E-state index in [1.807, 2.05) is 46.7 Å². The maximum absolute atomic E-state index is 12.3. The number of carbonyl (C=O) groups excluding carboxylic acids is 1. The number of hydrogen-bond donors (Lipinski definition) is 0. The molecule has 1 fully saturated rings. The summed E-state index contributed by atoms with van der Waals surface area (Å²) in [5.74, 6) is 1.17. The van der Waals surface area contributed by atoms with Crippen molar-refractivity contribution in [2.24, 2.45) is 0 Å². The molecule has 1 atom stereocenters. The summed E-state index contributed by atoms with van der Waals surface area (Å²) in [5, 5.41) is 6.69. The molecule has 0 saturated carbocycles. The lowest BCUT2D eigenvalue weighted by Crippen LogP contribution is -2.24. The third-order valence-corrected chi connectivity index (χ3v) is 5.15. The lowest BCUT2D eigenvalue weighted by Gasteiger charge is -2.16. The van der Waals surface area contributed by atoms with Gasteiger partial charge in [0.1, 0.15) is 0 Å². The molecule has 0 N–H and O–H groups in total. The number of likely N-dealkylation sites (tertiary alicyclic amines) is 1. The van der Waals surface area contributed by atoms with Crippen LogP contribution >= 0.6 is 22.9 Å². The van der Waals surface area contributed by atoms with Gasteiger partial charge < -0.3 is 9.42 Å². The molecule has 1 saturated heterocycles. The number of aromatic nitrogens is 2. The van der Waals surface area contributed by atoms with Gasteiger partial charge in [0.25, 0.3) is 0 Å². The molecular formula is C17H14ClN3O2S. The molecule has 2 aromatic heterocycles. The van der Waals surface area contributed by atoms with E-state index < -0.39 is 0 Å². The fourth-order valence-corrected chi connectivity index (χ4v) is 3.58. The molecule has 5 nitrogen and oxygen atoms in total. The molecule has 1 amide bonds. The lowest BCUT2D eigenvalue weighted by atomic mass is 10.1. The summed E-state index contributed by atoms with van der Waals surface area (Å²) in [4.78, 5) is 19.5. The van der Waals surface area contributed by atoms with Gasteiger partial charge in [0, 0.05) is 24.5 Å². The molecule has 0 bridgehead atoms. The van der Waals surface area contributed by atoms with Crippen molar-refractivity contribution in [3.63, 3.8) is 0 Å². The van der Waals surface area contributed by atoms with Crippen LogP contribution in [-0.4, -0.2) is 27.5 Å². The summed E-state index contributed by atoms with van der Waals surface area (Å²) >= 11 is 7.46. The van der Waals surface area contributed by atoms with Crippen LogP contribution in [0.4, 0.5) is 0 Å². The second kappa shape index (κ2) is 6.37. The Morgan fingerprint density at radius 3 is 2.88 bits per heavy atom. The highest BCUT2D eigenvalue weighted by molar-refractivity contribution is 7.13. The Balaban J connectivity index is 1.47. The normalized spacial score (nSPS) is 17.6. The van der Waals surface area contributed by atoms with E-state index in [0.29, 0.717) is 36.2 Å². The quantitative estimate of drug-likeness (QED) is 0.707. The fraction of sp³-hybridized carbons (Fsp3) is 0.235. The Hall–Kier alpha value is -2.18. The minimum Gasteiger partial charge on any atom is -0.339 e. The van der Waals surface area contributed by atoms with Gasteiger partial charge in [-0.3, -0.25) is 4.79 Å². The zero-order valence-corrected chi connectivity index (χ0v) is 14.3. The molecule has 122 valence electrons. The first-order chi connectivity index (χ1) is 11.7. The molecule has 1 aliphatic heterocycles. The van der Waals surface area contributed by atoms with Crippen LogP contribution in [0.15, 0.2) is 46.3 Å². The average molecular weight is 360 g/mol. The Kier molecular flexibility index (Phi) is 4.08. The highest BCUT2D eigenvalue weighted by atomic mass is 35.5. The van der Waals surface area contributed by atoms with Crippen LogP contribution in [0.5, 0.6) is 0 Å². The highest BCUT2D eigenvalue weighted by Gasteiger charge is 2.34. The molecule has 3 aromatic rings. The molecule has 0 radical (unpaired) electrons. The van der Waals surface area contributed by atoms with Crippen molar-refractivity contribution in [3.8, 4) is 10.7 Å². The van der Waals surface area contributed by atoms with Gasteiger partial charge >= 0.3 is 0 Å². The van der Waals surface area contributed by atoms with Crippen molar-refractivity contribution in [1.82, 2.24) is 15.0 Å². The SMILES string of the molecule is O=C1C[C@H](c2nc(-c3cccs3)no2)CN1Cc1ccc(Cl)cc1. The van der Waals surface area contributed by atoms with Crippen LogP contribution < -0.4 is 0 Å². The van der Waals surface area contributed by atoms with E-state index in [2.05, 4.69) is 10.1 Å². The molecule has 4 rings (SSSR count). The van der Waals surface area contributed by atoms with Crippen LogP contribution in [0.2, 0.25) is 5.02 Å². The summed E-state index contributed by atoms with van der Waals surface area (Å²) in [6, 6.07) is 11.4. The molecule has 7 heteroatoms. The second-order valence-electron chi connectivity index (χ2n) is 5.74. The zero-order chi connectivity index (χ0) is 16.5. The molecule has 1 aromatic carbocycles. The van der Waals surface area contributed by atoms with Crippen LogP contribution in [0.25, 0.3) is 10.7 Å². The van der Waals surface area contributed by atoms with Gasteiger partial charge in [0.05, 0.1) is 10.8 Å². The number of rotatable bonds is 4. The smallest absolute Gasteiger partial charge is 0.232 e. The van der Waals surface area contributed by atoms with Crippen LogP contribution in [-0.2, 0) is 11.3 Å². The third kappa shape index (κ3) is 3.07. The van der Waals surface area contributed by atoms with Crippen molar-refractivity contribution in [1.29, 1.82) is 0 Å². The Labute approximate surface area is 147 Å². The van der Waals surface area contributed by atoms with E-state index in [0.717, 1.165) is 10.4 Å². The molecule has 0 aliphatic carbocycles. The largest absolute Gasteiger partial charge is 0.339 e. The van der Waals surface area contributed by atoms with Gasteiger partial charge in [-0.05, 0) is 29.1 Å². The van der Waals surface area contributed by atoms with Crippen LogP contribution in [0.1, 0.15) is 23.8 Å². The van der Waals surface area contributed by atoms with Crippen molar-refractivity contribution in [3.05, 3.63) is 58.3 Å².